The highest BCUT2D eigenvalue weighted by atomic mass is 35.5. The normalized spacial score (nSPS) is 16.2. The maximum atomic E-state index is 12.7. The Balaban J connectivity index is 1.41. The predicted octanol–water partition coefficient (Wildman–Crippen LogP) is 3.22. The summed E-state index contributed by atoms with van der Waals surface area (Å²) < 4.78 is 0. The lowest BCUT2D eigenvalue weighted by Gasteiger charge is -2.17. The summed E-state index contributed by atoms with van der Waals surface area (Å²) in [7, 11) is 0. The number of fused-ring (bicyclic) bond motifs is 1. The van der Waals surface area contributed by atoms with Crippen LogP contribution in [0.1, 0.15) is 33.0 Å². The number of imidazole rings is 1. The van der Waals surface area contributed by atoms with Gasteiger partial charge in [-0.1, -0.05) is 23.2 Å². The van der Waals surface area contributed by atoms with E-state index in [1.54, 1.807) is 29.2 Å². The SMILES string of the molecule is NCC1CCN(C(=O)c2ccc(C(=O)NCc3nc4ccc(Cl)cc4[nH]3)cc2Cl)C1. The van der Waals surface area contributed by atoms with E-state index in [4.69, 9.17) is 28.9 Å². The van der Waals surface area contributed by atoms with Crippen molar-refractivity contribution in [1.29, 1.82) is 0 Å². The van der Waals surface area contributed by atoms with E-state index < -0.39 is 0 Å². The second kappa shape index (κ2) is 8.63. The minimum absolute atomic E-state index is 0.135. The number of rotatable bonds is 5. The Morgan fingerprint density at radius 1 is 1.23 bits per heavy atom. The van der Waals surface area contributed by atoms with E-state index in [1.807, 2.05) is 6.07 Å². The average molecular weight is 446 g/mol. The quantitative estimate of drug-likeness (QED) is 0.560. The molecule has 1 fully saturated rings. The number of carbonyl (C=O) groups excluding carboxylic acids is 2. The summed E-state index contributed by atoms with van der Waals surface area (Å²) in [5.41, 5.74) is 8.03. The van der Waals surface area contributed by atoms with E-state index >= 15 is 0 Å². The standard InChI is InChI=1S/C21H21Cl2N5O2/c22-14-2-4-17-18(8-14)27-19(26-17)10-25-20(29)13-1-3-15(16(23)7-13)21(30)28-6-5-12(9-24)11-28/h1-4,7-8,12H,5-6,9-11,24H2,(H,25,29)(H,26,27). The molecule has 0 radical (unpaired) electrons. The third-order valence-electron chi connectivity index (χ3n) is 5.28. The number of benzene rings is 2. The Hall–Kier alpha value is -2.61. The van der Waals surface area contributed by atoms with Crippen molar-refractivity contribution in [3.63, 3.8) is 0 Å². The van der Waals surface area contributed by atoms with Crippen molar-refractivity contribution in [3.8, 4) is 0 Å². The molecule has 156 valence electrons. The molecular formula is C21H21Cl2N5O2. The number of hydrogen-bond donors (Lipinski definition) is 3. The van der Waals surface area contributed by atoms with E-state index in [2.05, 4.69) is 15.3 Å². The molecule has 2 heterocycles. The van der Waals surface area contributed by atoms with Crippen molar-refractivity contribution in [1.82, 2.24) is 20.2 Å². The van der Waals surface area contributed by atoms with Gasteiger partial charge in [-0.05, 0) is 55.3 Å². The van der Waals surface area contributed by atoms with Gasteiger partial charge in [0.25, 0.3) is 11.8 Å². The Bertz CT molecular complexity index is 1110. The number of nitrogens with one attached hydrogen (secondary N) is 2. The van der Waals surface area contributed by atoms with E-state index in [1.165, 1.54) is 6.07 Å². The van der Waals surface area contributed by atoms with Gasteiger partial charge >= 0.3 is 0 Å². The molecule has 0 saturated carbocycles. The van der Waals surface area contributed by atoms with Crippen LogP contribution in [-0.4, -0.2) is 46.3 Å². The maximum absolute atomic E-state index is 12.7. The van der Waals surface area contributed by atoms with Crippen LogP contribution in [0.2, 0.25) is 10.0 Å². The summed E-state index contributed by atoms with van der Waals surface area (Å²) in [5, 5.41) is 3.66. The van der Waals surface area contributed by atoms with Crippen LogP contribution in [0.4, 0.5) is 0 Å². The van der Waals surface area contributed by atoms with Crippen molar-refractivity contribution in [2.45, 2.75) is 13.0 Å². The van der Waals surface area contributed by atoms with Crippen molar-refractivity contribution >= 4 is 46.0 Å². The van der Waals surface area contributed by atoms with Crippen LogP contribution >= 0.6 is 23.2 Å². The van der Waals surface area contributed by atoms with Gasteiger partial charge < -0.3 is 20.9 Å². The highest BCUT2D eigenvalue weighted by molar-refractivity contribution is 6.34. The number of nitrogens with two attached hydrogens (primary N) is 1. The third kappa shape index (κ3) is 4.28. The van der Waals surface area contributed by atoms with Crippen LogP contribution < -0.4 is 11.1 Å². The van der Waals surface area contributed by atoms with Gasteiger partial charge in [0.05, 0.1) is 28.2 Å². The first-order valence-electron chi connectivity index (χ1n) is 9.66. The van der Waals surface area contributed by atoms with Crippen LogP contribution in [0.5, 0.6) is 0 Å². The zero-order valence-electron chi connectivity index (χ0n) is 16.1. The minimum atomic E-state index is -0.307. The first-order valence-corrected chi connectivity index (χ1v) is 10.4. The summed E-state index contributed by atoms with van der Waals surface area (Å²) >= 11 is 12.3. The highest BCUT2D eigenvalue weighted by Gasteiger charge is 2.27. The number of nitrogens with zero attached hydrogens (tertiary/aromatic N) is 2. The molecule has 1 aromatic heterocycles. The molecule has 1 saturated heterocycles. The average Bonchev–Trinajstić information content (AvgIpc) is 3.37. The molecule has 9 heteroatoms. The van der Waals surface area contributed by atoms with Gasteiger partial charge in [-0.25, -0.2) is 4.98 Å². The monoisotopic (exact) mass is 445 g/mol. The van der Waals surface area contributed by atoms with Gasteiger partial charge in [0.2, 0.25) is 0 Å². The molecule has 4 N–H and O–H groups in total. The van der Waals surface area contributed by atoms with Crippen LogP contribution in [0.15, 0.2) is 36.4 Å². The summed E-state index contributed by atoms with van der Waals surface area (Å²) in [5.74, 6) is 0.497. The Kier molecular flexibility index (Phi) is 5.94. The van der Waals surface area contributed by atoms with E-state index in [0.29, 0.717) is 47.5 Å². The predicted molar refractivity (Wildman–Crippen MR) is 117 cm³/mol. The molecule has 2 aromatic carbocycles. The molecular weight excluding hydrogens is 425 g/mol. The van der Waals surface area contributed by atoms with Crippen molar-refractivity contribution < 1.29 is 9.59 Å². The Morgan fingerprint density at radius 2 is 2.07 bits per heavy atom. The molecule has 7 nitrogen and oxygen atoms in total. The molecule has 1 atom stereocenters. The molecule has 0 spiro atoms. The van der Waals surface area contributed by atoms with Crippen LogP contribution in [0.3, 0.4) is 0 Å². The number of aromatic nitrogens is 2. The number of likely N-dealkylation sites (tertiary alicyclic amines) is 1. The number of H-pyrrole nitrogens is 1. The van der Waals surface area contributed by atoms with Gasteiger partial charge in [-0.15, -0.1) is 0 Å². The lowest BCUT2D eigenvalue weighted by atomic mass is 10.1. The molecule has 1 unspecified atom stereocenters. The minimum Gasteiger partial charge on any atom is -0.345 e. The molecule has 0 bridgehead atoms. The van der Waals surface area contributed by atoms with Crippen LogP contribution in [0.25, 0.3) is 11.0 Å². The highest BCUT2D eigenvalue weighted by Crippen LogP contribution is 2.24. The zero-order valence-corrected chi connectivity index (χ0v) is 17.6. The van der Waals surface area contributed by atoms with E-state index in [9.17, 15) is 9.59 Å². The van der Waals surface area contributed by atoms with Crippen LogP contribution in [-0.2, 0) is 6.54 Å². The van der Waals surface area contributed by atoms with Crippen LogP contribution in [0, 0.1) is 5.92 Å². The summed E-state index contributed by atoms with van der Waals surface area (Å²) in [6.45, 7) is 2.09. The van der Waals surface area contributed by atoms with Crippen molar-refractivity contribution in [2.75, 3.05) is 19.6 Å². The maximum Gasteiger partial charge on any atom is 0.255 e. The number of halogens is 2. The Labute approximate surface area is 183 Å². The first-order chi connectivity index (χ1) is 14.4. The lowest BCUT2D eigenvalue weighted by molar-refractivity contribution is 0.0787. The van der Waals surface area contributed by atoms with Gasteiger partial charge in [-0.3, -0.25) is 9.59 Å². The first kappa shape index (κ1) is 20.7. The third-order valence-corrected chi connectivity index (χ3v) is 5.83. The fraction of sp³-hybridized carbons (Fsp3) is 0.286. The molecule has 1 aliphatic heterocycles. The van der Waals surface area contributed by atoms with E-state index in [0.717, 1.165) is 17.5 Å². The van der Waals surface area contributed by atoms with Gasteiger partial charge in [-0.2, -0.15) is 0 Å². The fourth-order valence-electron chi connectivity index (χ4n) is 3.59. The smallest absolute Gasteiger partial charge is 0.255 e. The lowest BCUT2D eigenvalue weighted by Crippen LogP contribution is -2.30. The largest absolute Gasteiger partial charge is 0.345 e. The van der Waals surface area contributed by atoms with Crippen molar-refractivity contribution in [2.24, 2.45) is 11.7 Å². The molecule has 4 rings (SSSR count). The van der Waals surface area contributed by atoms with Gasteiger partial charge in [0.1, 0.15) is 5.82 Å². The molecule has 3 aromatic rings. The second-order valence-corrected chi connectivity index (χ2v) is 8.21. The summed E-state index contributed by atoms with van der Waals surface area (Å²) in [6.07, 6.45) is 0.897. The number of amides is 2. The molecule has 1 aliphatic rings. The Morgan fingerprint density at radius 3 is 2.80 bits per heavy atom. The number of hydrogen-bond acceptors (Lipinski definition) is 4. The second-order valence-electron chi connectivity index (χ2n) is 7.36. The summed E-state index contributed by atoms with van der Waals surface area (Å²) in [4.78, 5) is 34.5. The fourth-order valence-corrected chi connectivity index (χ4v) is 4.03. The van der Waals surface area contributed by atoms with E-state index in [-0.39, 0.29) is 23.4 Å². The molecule has 2 amide bonds. The van der Waals surface area contributed by atoms with Crippen molar-refractivity contribution in [3.05, 3.63) is 63.4 Å². The van der Waals surface area contributed by atoms with Gasteiger partial charge in [0, 0.05) is 23.7 Å². The molecule has 30 heavy (non-hydrogen) atoms. The molecule has 0 aliphatic carbocycles. The topological polar surface area (TPSA) is 104 Å². The van der Waals surface area contributed by atoms with Gasteiger partial charge in [0.15, 0.2) is 0 Å². The number of aromatic amines is 1. The number of carbonyl (C=O) groups is 2. The zero-order chi connectivity index (χ0) is 21.3. The summed E-state index contributed by atoms with van der Waals surface area (Å²) in [6, 6.07) is 10.1.